The molecule has 2 aromatic rings. The number of furan rings is 1. The van der Waals surface area contributed by atoms with Crippen LogP contribution >= 0.6 is 0 Å². The van der Waals surface area contributed by atoms with E-state index in [-0.39, 0.29) is 12.5 Å². The van der Waals surface area contributed by atoms with Gasteiger partial charge >= 0.3 is 5.97 Å². The number of carbonyl (C=O) groups excluding carboxylic acids is 1. The molecule has 1 aliphatic heterocycles. The predicted molar refractivity (Wildman–Crippen MR) is 81.6 cm³/mol. The van der Waals surface area contributed by atoms with Crippen molar-refractivity contribution in [1.82, 2.24) is 4.90 Å². The van der Waals surface area contributed by atoms with Crippen LogP contribution in [0.3, 0.4) is 0 Å². The molecule has 0 bridgehead atoms. The third kappa shape index (κ3) is 2.36. The fourth-order valence-corrected chi connectivity index (χ4v) is 2.94. The first-order chi connectivity index (χ1) is 10.4. The summed E-state index contributed by atoms with van der Waals surface area (Å²) in [6.07, 6.45) is 0.487. The highest BCUT2D eigenvalue weighted by atomic mass is 16.4. The lowest BCUT2D eigenvalue weighted by molar-refractivity contribution is -0.147. The second kappa shape index (κ2) is 5.16. The summed E-state index contributed by atoms with van der Waals surface area (Å²) in [6.45, 7) is 4.23. The summed E-state index contributed by atoms with van der Waals surface area (Å²) >= 11 is 0. The molecule has 2 heterocycles. The van der Waals surface area contributed by atoms with Crippen molar-refractivity contribution in [3.05, 3.63) is 36.1 Å². The summed E-state index contributed by atoms with van der Waals surface area (Å²) in [4.78, 5) is 25.5. The lowest BCUT2D eigenvalue weighted by Gasteiger charge is -2.22. The Balaban J connectivity index is 1.79. The van der Waals surface area contributed by atoms with Crippen LogP contribution in [0.15, 0.2) is 34.7 Å². The van der Waals surface area contributed by atoms with Crippen molar-refractivity contribution in [3.63, 3.8) is 0 Å². The van der Waals surface area contributed by atoms with Crippen molar-refractivity contribution >= 4 is 22.8 Å². The SMILES string of the molecule is C[C@H](C(=O)N1CC[C@](C)(C(=O)O)C1)c1cc2ccccc2o1. The van der Waals surface area contributed by atoms with Crippen LogP contribution in [0.4, 0.5) is 0 Å². The van der Waals surface area contributed by atoms with Crippen LogP contribution in [0, 0.1) is 5.41 Å². The van der Waals surface area contributed by atoms with E-state index in [2.05, 4.69) is 0 Å². The van der Waals surface area contributed by atoms with Crippen molar-refractivity contribution in [2.24, 2.45) is 5.41 Å². The van der Waals surface area contributed by atoms with Crippen LogP contribution in [0.2, 0.25) is 0 Å². The number of likely N-dealkylation sites (tertiary alicyclic amines) is 1. The molecule has 0 saturated carbocycles. The number of rotatable bonds is 3. The highest BCUT2D eigenvalue weighted by Crippen LogP contribution is 2.33. The number of fused-ring (bicyclic) bond motifs is 1. The van der Waals surface area contributed by atoms with E-state index in [9.17, 15) is 14.7 Å². The smallest absolute Gasteiger partial charge is 0.311 e. The van der Waals surface area contributed by atoms with Crippen LogP contribution in [0.1, 0.15) is 31.9 Å². The van der Waals surface area contributed by atoms with Crippen molar-refractivity contribution in [3.8, 4) is 0 Å². The third-order valence-electron chi connectivity index (χ3n) is 4.54. The molecule has 116 valence electrons. The molecule has 0 unspecified atom stereocenters. The van der Waals surface area contributed by atoms with Crippen molar-refractivity contribution in [1.29, 1.82) is 0 Å². The van der Waals surface area contributed by atoms with Gasteiger partial charge in [-0.15, -0.1) is 0 Å². The summed E-state index contributed by atoms with van der Waals surface area (Å²) in [7, 11) is 0. The Hall–Kier alpha value is -2.30. The van der Waals surface area contributed by atoms with E-state index in [1.807, 2.05) is 30.3 Å². The molecular formula is C17H19NO4. The van der Waals surface area contributed by atoms with Gasteiger partial charge in [0.05, 0.1) is 11.3 Å². The number of para-hydroxylation sites is 1. The van der Waals surface area contributed by atoms with Crippen LogP contribution in [-0.4, -0.2) is 35.0 Å². The second-order valence-electron chi connectivity index (χ2n) is 6.28. The Morgan fingerprint density at radius 2 is 2.09 bits per heavy atom. The van der Waals surface area contributed by atoms with Crippen LogP contribution < -0.4 is 0 Å². The number of amides is 1. The van der Waals surface area contributed by atoms with E-state index >= 15 is 0 Å². The molecule has 1 aromatic heterocycles. The molecule has 5 heteroatoms. The van der Waals surface area contributed by atoms with Crippen molar-refractivity contribution < 1.29 is 19.1 Å². The number of nitrogens with zero attached hydrogens (tertiary/aromatic N) is 1. The lowest BCUT2D eigenvalue weighted by atomic mass is 9.90. The minimum atomic E-state index is -0.848. The van der Waals surface area contributed by atoms with E-state index in [0.717, 1.165) is 11.0 Å². The Bertz CT molecular complexity index is 702. The maximum absolute atomic E-state index is 12.6. The van der Waals surface area contributed by atoms with E-state index in [4.69, 9.17) is 4.42 Å². The number of carbonyl (C=O) groups is 2. The number of hydrogen-bond acceptors (Lipinski definition) is 3. The molecule has 2 atom stereocenters. The first-order valence-corrected chi connectivity index (χ1v) is 7.41. The molecule has 1 N–H and O–H groups in total. The molecule has 1 amide bonds. The van der Waals surface area contributed by atoms with Gasteiger partial charge in [0.1, 0.15) is 11.3 Å². The number of hydrogen-bond donors (Lipinski definition) is 1. The molecule has 0 spiro atoms. The van der Waals surface area contributed by atoms with Gasteiger partial charge in [-0.25, -0.2) is 0 Å². The third-order valence-corrected chi connectivity index (χ3v) is 4.54. The zero-order valence-electron chi connectivity index (χ0n) is 12.7. The molecule has 0 radical (unpaired) electrons. The first-order valence-electron chi connectivity index (χ1n) is 7.41. The Morgan fingerprint density at radius 1 is 1.36 bits per heavy atom. The van der Waals surface area contributed by atoms with Gasteiger partial charge in [0.2, 0.25) is 5.91 Å². The van der Waals surface area contributed by atoms with Gasteiger partial charge < -0.3 is 14.4 Å². The summed E-state index contributed by atoms with van der Waals surface area (Å²) in [5.74, 6) is -0.720. The lowest BCUT2D eigenvalue weighted by Crippen LogP contribution is -2.36. The van der Waals surface area contributed by atoms with E-state index in [1.54, 1.807) is 18.7 Å². The molecule has 0 aliphatic carbocycles. The summed E-state index contributed by atoms with van der Waals surface area (Å²) in [5.41, 5.74) is -0.0857. The molecule has 1 aliphatic rings. The van der Waals surface area contributed by atoms with Crippen molar-refractivity contribution in [2.75, 3.05) is 13.1 Å². The average Bonchev–Trinajstić information content (AvgIpc) is 3.10. The number of carboxylic acid groups (broad SMARTS) is 1. The number of carboxylic acids is 1. The summed E-state index contributed by atoms with van der Waals surface area (Å²) in [6, 6.07) is 9.50. The first kappa shape index (κ1) is 14.6. The Morgan fingerprint density at radius 3 is 2.73 bits per heavy atom. The number of benzene rings is 1. The maximum atomic E-state index is 12.6. The largest absolute Gasteiger partial charge is 0.481 e. The highest BCUT2D eigenvalue weighted by molar-refractivity contribution is 5.86. The monoisotopic (exact) mass is 301 g/mol. The van der Waals surface area contributed by atoms with Gasteiger partial charge in [-0.3, -0.25) is 9.59 Å². The predicted octanol–water partition coefficient (Wildman–Crippen LogP) is 2.86. The molecule has 1 saturated heterocycles. The highest BCUT2D eigenvalue weighted by Gasteiger charge is 2.43. The number of aliphatic carboxylic acids is 1. The average molecular weight is 301 g/mol. The summed E-state index contributed by atoms with van der Waals surface area (Å²) in [5, 5.41) is 10.2. The van der Waals surface area contributed by atoms with Gasteiger partial charge in [0.15, 0.2) is 0 Å². The topological polar surface area (TPSA) is 70.8 Å². The molecule has 1 fully saturated rings. The quantitative estimate of drug-likeness (QED) is 0.946. The molecule has 3 rings (SSSR count). The molecule has 1 aromatic carbocycles. The Labute approximate surface area is 128 Å². The van der Waals surface area contributed by atoms with Crippen LogP contribution in [0.25, 0.3) is 11.0 Å². The summed E-state index contributed by atoms with van der Waals surface area (Å²) < 4.78 is 5.75. The van der Waals surface area contributed by atoms with Gasteiger partial charge in [0, 0.05) is 18.5 Å². The molecule has 22 heavy (non-hydrogen) atoms. The zero-order chi connectivity index (χ0) is 15.9. The second-order valence-corrected chi connectivity index (χ2v) is 6.28. The van der Waals surface area contributed by atoms with Gasteiger partial charge in [-0.2, -0.15) is 0 Å². The zero-order valence-corrected chi connectivity index (χ0v) is 12.7. The molecule has 5 nitrogen and oxygen atoms in total. The van der Waals surface area contributed by atoms with Gasteiger partial charge in [0.25, 0.3) is 0 Å². The minimum absolute atomic E-state index is 0.0796. The van der Waals surface area contributed by atoms with Crippen molar-refractivity contribution in [2.45, 2.75) is 26.2 Å². The Kier molecular flexibility index (Phi) is 3.43. The maximum Gasteiger partial charge on any atom is 0.311 e. The fraction of sp³-hybridized carbons (Fsp3) is 0.412. The van der Waals surface area contributed by atoms with E-state index in [0.29, 0.717) is 18.7 Å². The minimum Gasteiger partial charge on any atom is -0.481 e. The van der Waals surface area contributed by atoms with E-state index in [1.165, 1.54) is 0 Å². The molecular weight excluding hydrogens is 282 g/mol. The normalized spacial score (nSPS) is 22.9. The van der Waals surface area contributed by atoms with Gasteiger partial charge in [-0.1, -0.05) is 18.2 Å². The van der Waals surface area contributed by atoms with Gasteiger partial charge in [-0.05, 0) is 32.4 Å². The fourth-order valence-electron chi connectivity index (χ4n) is 2.94. The standard InChI is InChI=1S/C17H19NO4/c1-11(14-9-12-5-3-4-6-13(12)22-14)15(19)18-8-7-17(2,10-18)16(20)21/h3-6,9,11H,7-8,10H2,1-2H3,(H,20,21)/t11-,17-/m0/s1. The van der Waals surface area contributed by atoms with Crippen LogP contribution in [-0.2, 0) is 9.59 Å². The van der Waals surface area contributed by atoms with Crippen LogP contribution in [0.5, 0.6) is 0 Å². The van der Waals surface area contributed by atoms with E-state index < -0.39 is 17.3 Å².